The summed E-state index contributed by atoms with van der Waals surface area (Å²) in [5.74, 6) is 0.0724. The number of thiophene rings is 1. The Labute approximate surface area is 307 Å². The Morgan fingerprint density at radius 1 is 0.346 bits per heavy atom. The molecular weight excluding hydrogens is 647 g/mol. The number of pyridine rings is 1. The Balaban J connectivity index is 1.10. The van der Waals surface area contributed by atoms with Crippen LogP contribution in [0, 0.1) is 0 Å². The third-order valence-corrected chi connectivity index (χ3v) is 11.6. The highest BCUT2D eigenvalue weighted by Gasteiger charge is 2.20. The lowest BCUT2D eigenvalue weighted by Gasteiger charge is -2.20. The molecule has 0 bridgehead atoms. The molecule has 2 aromatic heterocycles. The molecule has 2 heteroatoms. The molecule has 0 saturated heterocycles. The summed E-state index contributed by atoms with van der Waals surface area (Å²) in [6.07, 6.45) is 0. The van der Waals surface area contributed by atoms with Gasteiger partial charge in [0.05, 0.1) is 11.2 Å². The van der Waals surface area contributed by atoms with Crippen LogP contribution >= 0.6 is 11.3 Å². The number of hydrogen-bond donors (Lipinski definition) is 0. The summed E-state index contributed by atoms with van der Waals surface area (Å²) in [4.78, 5) is 5.31. The maximum absolute atomic E-state index is 5.31. The van der Waals surface area contributed by atoms with Gasteiger partial charge in [-0.05, 0) is 51.1 Å². The molecule has 0 aliphatic rings. The molecule has 10 rings (SSSR count). The van der Waals surface area contributed by atoms with Gasteiger partial charge < -0.3 is 0 Å². The molecule has 0 radical (unpaired) electrons. The molecule has 0 spiro atoms. The van der Waals surface area contributed by atoms with Gasteiger partial charge in [0.15, 0.2) is 0 Å². The number of aromatic nitrogens is 1. The van der Waals surface area contributed by atoms with Crippen molar-refractivity contribution in [2.75, 3.05) is 0 Å². The standard InChI is InChI=1S/C50H33NS/c1-3-11-33(12-4-1)35-19-23-37(24-20-35)47(38-25-21-36(22-26-38)34-13-5-2-6-14-34)39-27-29-40(30-28-39)49-44-32-31-42-41-15-8-10-18-46(41)52-50(42)48(44)43-16-7-9-17-45(43)51-49/h1-32,47H. The van der Waals surface area contributed by atoms with Crippen LogP contribution in [0.25, 0.3) is 75.4 Å². The van der Waals surface area contributed by atoms with Crippen LogP contribution in [0.3, 0.4) is 0 Å². The number of benzene rings is 8. The predicted molar refractivity (Wildman–Crippen MR) is 222 cm³/mol. The van der Waals surface area contributed by atoms with E-state index in [-0.39, 0.29) is 5.92 Å². The Kier molecular flexibility index (Phi) is 7.48. The van der Waals surface area contributed by atoms with Crippen molar-refractivity contribution >= 4 is 53.2 Å². The zero-order valence-corrected chi connectivity index (χ0v) is 29.2. The minimum atomic E-state index is 0.0724. The summed E-state index contributed by atoms with van der Waals surface area (Å²) >= 11 is 1.88. The van der Waals surface area contributed by atoms with Gasteiger partial charge in [0.2, 0.25) is 0 Å². The summed E-state index contributed by atoms with van der Waals surface area (Å²) < 4.78 is 2.64. The number of nitrogens with zero attached hydrogens (tertiary/aromatic N) is 1. The van der Waals surface area contributed by atoms with Crippen LogP contribution in [0.15, 0.2) is 194 Å². The van der Waals surface area contributed by atoms with Gasteiger partial charge in [0.25, 0.3) is 0 Å². The first-order valence-corrected chi connectivity index (χ1v) is 18.6. The van der Waals surface area contributed by atoms with E-state index < -0.39 is 0 Å². The lowest BCUT2D eigenvalue weighted by Crippen LogP contribution is -2.04. The molecule has 0 N–H and O–H groups in total. The fourth-order valence-electron chi connectivity index (χ4n) is 7.84. The Morgan fingerprint density at radius 2 is 0.808 bits per heavy atom. The van der Waals surface area contributed by atoms with E-state index in [1.807, 2.05) is 11.3 Å². The molecule has 0 atom stereocenters. The molecule has 0 amide bonds. The van der Waals surface area contributed by atoms with Crippen molar-refractivity contribution in [1.82, 2.24) is 4.98 Å². The van der Waals surface area contributed by atoms with E-state index in [0.29, 0.717) is 0 Å². The largest absolute Gasteiger partial charge is 0.247 e. The van der Waals surface area contributed by atoms with Gasteiger partial charge in [-0.1, -0.05) is 182 Å². The van der Waals surface area contributed by atoms with Crippen molar-refractivity contribution in [3.05, 3.63) is 211 Å². The maximum atomic E-state index is 5.31. The van der Waals surface area contributed by atoms with E-state index in [4.69, 9.17) is 4.98 Å². The highest BCUT2D eigenvalue weighted by molar-refractivity contribution is 7.26. The van der Waals surface area contributed by atoms with Gasteiger partial charge in [0.1, 0.15) is 0 Å². The SMILES string of the molecule is c1ccc(-c2ccc(C(c3ccc(-c4ccccc4)cc3)c3ccc(-c4nc5ccccc5c5c4ccc4c6ccccc6sc45)cc3)cc2)cc1. The molecular formula is C50H33NS. The van der Waals surface area contributed by atoms with Crippen molar-refractivity contribution in [3.63, 3.8) is 0 Å². The molecule has 0 fully saturated rings. The van der Waals surface area contributed by atoms with E-state index in [1.165, 1.54) is 75.3 Å². The lowest BCUT2D eigenvalue weighted by molar-refractivity contribution is 0.978. The van der Waals surface area contributed by atoms with Gasteiger partial charge in [0, 0.05) is 47.8 Å². The number of para-hydroxylation sites is 1. The number of hydrogen-bond acceptors (Lipinski definition) is 2. The third kappa shape index (κ3) is 5.28. The van der Waals surface area contributed by atoms with Crippen LogP contribution in [0.2, 0.25) is 0 Å². The minimum absolute atomic E-state index is 0.0724. The average Bonchev–Trinajstić information content (AvgIpc) is 3.61. The van der Waals surface area contributed by atoms with E-state index in [9.17, 15) is 0 Å². The molecule has 0 aliphatic carbocycles. The fourth-order valence-corrected chi connectivity index (χ4v) is 9.11. The number of fused-ring (bicyclic) bond motifs is 7. The van der Waals surface area contributed by atoms with Crippen LogP contribution in [0.4, 0.5) is 0 Å². The molecule has 244 valence electrons. The predicted octanol–water partition coefficient (Wildman–Crippen LogP) is 13.9. The maximum Gasteiger partial charge on any atom is 0.0788 e. The first-order valence-electron chi connectivity index (χ1n) is 17.8. The summed E-state index contributed by atoms with van der Waals surface area (Å²) in [6, 6.07) is 70.4. The first kappa shape index (κ1) is 30.5. The second-order valence-electron chi connectivity index (χ2n) is 13.5. The van der Waals surface area contributed by atoms with Crippen LogP contribution < -0.4 is 0 Å². The van der Waals surface area contributed by atoms with Gasteiger partial charge in [-0.25, -0.2) is 4.98 Å². The summed E-state index contributed by atoms with van der Waals surface area (Å²) in [6.45, 7) is 0. The fraction of sp³-hybridized carbons (Fsp3) is 0.0200. The van der Waals surface area contributed by atoms with Crippen molar-refractivity contribution in [3.8, 4) is 33.5 Å². The zero-order chi connectivity index (χ0) is 34.4. The van der Waals surface area contributed by atoms with E-state index in [2.05, 4.69) is 194 Å². The highest BCUT2D eigenvalue weighted by Crippen LogP contribution is 2.44. The van der Waals surface area contributed by atoms with Crippen LogP contribution in [-0.4, -0.2) is 4.98 Å². The topological polar surface area (TPSA) is 12.9 Å². The van der Waals surface area contributed by atoms with E-state index in [1.54, 1.807) is 0 Å². The normalized spacial score (nSPS) is 11.6. The van der Waals surface area contributed by atoms with Gasteiger partial charge >= 0.3 is 0 Å². The molecule has 1 nitrogen and oxygen atoms in total. The third-order valence-electron chi connectivity index (χ3n) is 10.4. The Hall–Kier alpha value is -6.35. The first-order chi connectivity index (χ1) is 25.8. The average molecular weight is 680 g/mol. The van der Waals surface area contributed by atoms with Crippen molar-refractivity contribution < 1.29 is 0 Å². The quantitative estimate of drug-likeness (QED) is 0.126. The molecule has 52 heavy (non-hydrogen) atoms. The van der Waals surface area contributed by atoms with Crippen LogP contribution in [0.1, 0.15) is 22.6 Å². The van der Waals surface area contributed by atoms with Gasteiger partial charge in [-0.2, -0.15) is 0 Å². The van der Waals surface area contributed by atoms with Crippen LogP contribution in [0.5, 0.6) is 0 Å². The molecule has 0 unspecified atom stereocenters. The van der Waals surface area contributed by atoms with Gasteiger partial charge in [-0.3, -0.25) is 0 Å². The van der Waals surface area contributed by atoms with Crippen LogP contribution in [-0.2, 0) is 0 Å². The second kappa shape index (κ2) is 12.8. The molecule has 10 aromatic rings. The zero-order valence-electron chi connectivity index (χ0n) is 28.4. The van der Waals surface area contributed by atoms with Gasteiger partial charge in [-0.15, -0.1) is 11.3 Å². The molecule has 0 saturated carbocycles. The Morgan fingerprint density at radius 3 is 1.40 bits per heavy atom. The number of rotatable bonds is 6. The van der Waals surface area contributed by atoms with Crippen molar-refractivity contribution in [2.24, 2.45) is 0 Å². The smallest absolute Gasteiger partial charge is 0.0788 e. The van der Waals surface area contributed by atoms with Crippen molar-refractivity contribution in [2.45, 2.75) is 5.92 Å². The lowest BCUT2D eigenvalue weighted by atomic mass is 9.83. The van der Waals surface area contributed by atoms with Crippen molar-refractivity contribution in [1.29, 1.82) is 0 Å². The monoisotopic (exact) mass is 679 g/mol. The summed E-state index contributed by atoms with van der Waals surface area (Å²) in [5.41, 5.74) is 11.8. The summed E-state index contributed by atoms with van der Waals surface area (Å²) in [5, 5.41) is 6.31. The minimum Gasteiger partial charge on any atom is -0.247 e. The highest BCUT2D eigenvalue weighted by atomic mass is 32.1. The van der Waals surface area contributed by atoms with E-state index >= 15 is 0 Å². The second-order valence-corrected chi connectivity index (χ2v) is 14.5. The van der Waals surface area contributed by atoms with E-state index in [0.717, 1.165) is 16.8 Å². The Bertz CT molecular complexity index is 2770. The molecule has 8 aromatic carbocycles. The summed E-state index contributed by atoms with van der Waals surface area (Å²) in [7, 11) is 0. The molecule has 0 aliphatic heterocycles. The molecule has 2 heterocycles.